The Bertz CT molecular complexity index is 1110. The smallest absolute Gasteiger partial charge is 0.303 e. The lowest BCUT2D eigenvalue weighted by Crippen LogP contribution is -2.45. The number of hydrogen-bond donors (Lipinski definition) is 0. The summed E-state index contributed by atoms with van der Waals surface area (Å²) in [6, 6.07) is 8.88. The van der Waals surface area contributed by atoms with Crippen molar-refractivity contribution in [1.82, 2.24) is 0 Å². The van der Waals surface area contributed by atoms with Crippen LogP contribution in [0.5, 0.6) is 0 Å². The van der Waals surface area contributed by atoms with Gasteiger partial charge in [-0.25, -0.2) is 0 Å². The maximum atomic E-state index is 13.3. The van der Waals surface area contributed by atoms with Crippen LogP contribution in [0.4, 0.5) is 5.69 Å². The number of carbonyl (C=O) groups excluding carboxylic acids is 3. The van der Waals surface area contributed by atoms with Gasteiger partial charge in [-0.1, -0.05) is 24.6 Å². The first kappa shape index (κ1) is 24.0. The third-order valence-corrected chi connectivity index (χ3v) is 9.35. The van der Waals surface area contributed by atoms with Crippen molar-refractivity contribution >= 4 is 23.2 Å². The fourth-order valence-electron chi connectivity index (χ4n) is 7.76. The van der Waals surface area contributed by atoms with Crippen molar-refractivity contribution in [3.8, 4) is 0 Å². The molecule has 0 aromatic heterocycles. The van der Waals surface area contributed by atoms with Gasteiger partial charge in [-0.3, -0.25) is 14.4 Å². The topological polar surface area (TPSA) is 63.7 Å². The predicted molar refractivity (Wildman–Crippen MR) is 136 cm³/mol. The van der Waals surface area contributed by atoms with Gasteiger partial charge in [-0.15, -0.1) is 0 Å². The summed E-state index contributed by atoms with van der Waals surface area (Å²) in [5.74, 6) is 0.992. The van der Waals surface area contributed by atoms with Crippen molar-refractivity contribution in [3.05, 3.63) is 52.6 Å². The molecule has 0 N–H and O–H groups in total. The van der Waals surface area contributed by atoms with Gasteiger partial charge in [0.2, 0.25) is 0 Å². The highest BCUT2D eigenvalue weighted by atomic mass is 16.5. The summed E-state index contributed by atoms with van der Waals surface area (Å²) in [5.41, 5.74) is 6.58. The molecule has 5 nitrogen and oxygen atoms in total. The molecule has 0 amide bonds. The summed E-state index contributed by atoms with van der Waals surface area (Å²) in [7, 11) is 4.11. The molecular formula is C30H37NO4. The summed E-state index contributed by atoms with van der Waals surface area (Å²) < 4.78 is 5.13. The highest BCUT2D eigenvalue weighted by molar-refractivity contribution is 5.93. The molecule has 0 bridgehead atoms. The minimum absolute atomic E-state index is 0.0719. The van der Waals surface area contributed by atoms with Crippen LogP contribution in [-0.4, -0.2) is 38.2 Å². The SMILES string of the molecule is CC(=O)OCC(=O)C1CCC2C3CCC4=CC(=O)CCC4=C3C(c3ccc(N(C)C)cc3)CC12C. The molecule has 5 unspecified atom stereocenters. The highest BCUT2D eigenvalue weighted by Gasteiger charge is 2.58. The van der Waals surface area contributed by atoms with E-state index < -0.39 is 5.97 Å². The molecule has 4 aliphatic rings. The fraction of sp³-hybridized carbons (Fsp3) is 0.567. The first-order chi connectivity index (χ1) is 16.7. The summed E-state index contributed by atoms with van der Waals surface area (Å²) >= 11 is 0. The van der Waals surface area contributed by atoms with E-state index in [9.17, 15) is 14.4 Å². The van der Waals surface area contributed by atoms with Gasteiger partial charge in [-0.2, -0.15) is 0 Å². The molecule has 1 aromatic carbocycles. The van der Waals surface area contributed by atoms with Gasteiger partial charge in [0.1, 0.15) is 6.61 Å². The predicted octanol–water partition coefficient (Wildman–Crippen LogP) is 5.40. The van der Waals surface area contributed by atoms with E-state index in [1.54, 1.807) is 5.57 Å². The number of benzene rings is 1. The molecule has 1 aromatic rings. The van der Waals surface area contributed by atoms with E-state index in [1.165, 1.54) is 29.3 Å². The van der Waals surface area contributed by atoms with Crippen LogP contribution < -0.4 is 4.90 Å². The molecule has 186 valence electrons. The van der Waals surface area contributed by atoms with Gasteiger partial charge < -0.3 is 9.64 Å². The van der Waals surface area contributed by atoms with Gasteiger partial charge in [0.05, 0.1) is 0 Å². The Hall–Kier alpha value is -2.69. The number of ketones is 2. The Morgan fingerprint density at radius 1 is 1.06 bits per heavy atom. The minimum Gasteiger partial charge on any atom is -0.458 e. The number of allylic oxidation sites excluding steroid dienone is 4. The van der Waals surface area contributed by atoms with Crippen molar-refractivity contribution in [2.45, 2.75) is 64.7 Å². The molecule has 5 atom stereocenters. The van der Waals surface area contributed by atoms with Crippen molar-refractivity contribution in [1.29, 1.82) is 0 Å². The van der Waals surface area contributed by atoms with E-state index in [0.717, 1.165) is 38.5 Å². The lowest BCUT2D eigenvalue weighted by atomic mass is 9.51. The molecule has 0 aliphatic heterocycles. The third kappa shape index (κ3) is 4.17. The van der Waals surface area contributed by atoms with E-state index in [0.29, 0.717) is 18.3 Å². The average Bonchev–Trinajstić information content (AvgIpc) is 3.18. The van der Waals surface area contributed by atoms with Crippen LogP contribution in [0.25, 0.3) is 0 Å². The number of esters is 1. The number of hydrogen-bond acceptors (Lipinski definition) is 5. The maximum Gasteiger partial charge on any atom is 0.303 e. The first-order valence-electron chi connectivity index (χ1n) is 13.1. The minimum atomic E-state index is -0.397. The number of ether oxygens (including phenoxy) is 1. The maximum absolute atomic E-state index is 13.3. The third-order valence-electron chi connectivity index (χ3n) is 9.35. The zero-order valence-electron chi connectivity index (χ0n) is 21.4. The monoisotopic (exact) mass is 475 g/mol. The number of rotatable bonds is 5. The van der Waals surface area contributed by atoms with E-state index in [-0.39, 0.29) is 35.4 Å². The summed E-state index contributed by atoms with van der Waals surface area (Å²) in [6.45, 7) is 3.57. The molecular weight excluding hydrogens is 438 g/mol. The van der Waals surface area contributed by atoms with E-state index in [2.05, 4.69) is 50.2 Å². The van der Waals surface area contributed by atoms with E-state index in [1.807, 2.05) is 6.08 Å². The number of nitrogens with zero attached hydrogens (tertiary/aromatic N) is 1. The second-order valence-electron chi connectivity index (χ2n) is 11.4. The quantitative estimate of drug-likeness (QED) is 0.534. The summed E-state index contributed by atoms with van der Waals surface area (Å²) in [6.07, 6.45) is 8.20. The van der Waals surface area contributed by atoms with Crippen molar-refractivity contribution in [3.63, 3.8) is 0 Å². The van der Waals surface area contributed by atoms with E-state index >= 15 is 0 Å². The molecule has 35 heavy (non-hydrogen) atoms. The molecule has 5 heteroatoms. The highest BCUT2D eigenvalue weighted by Crippen LogP contribution is 2.65. The Labute approximate surface area is 208 Å². The van der Waals surface area contributed by atoms with E-state index in [4.69, 9.17) is 4.74 Å². The average molecular weight is 476 g/mol. The van der Waals surface area contributed by atoms with Crippen LogP contribution in [0.3, 0.4) is 0 Å². The van der Waals surface area contributed by atoms with Gasteiger partial charge >= 0.3 is 5.97 Å². The summed E-state index contributed by atoms with van der Waals surface area (Å²) in [5, 5.41) is 0. The molecule has 4 aliphatic carbocycles. The van der Waals surface area contributed by atoms with Crippen LogP contribution in [0.1, 0.15) is 70.3 Å². The summed E-state index contributed by atoms with van der Waals surface area (Å²) in [4.78, 5) is 39.0. The standard InChI is InChI=1S/C30H37NO4/c1-18(32)35-17-28(34)27-14-13-26-24-11-7-20-15-22(33)10-12-23(20)29(24)25(16-30(26,27)2)19-5-8-21(9-6-19)31(3)4/h5-6,8-9,15,24-27H,7,10-14,16-17H2,1-4H3. The van der Waals surface area contributed by atoms with Crippen LogP contribution >= 0.6 is 0 Å². The Balaban J connectivity index is 1.57. The van der Waals surface area contributed by atoms with Gasteiger partial charge in [0, 0.05) is 45.0 Å². The van der Waals surface area contributed by atoms with Crippen LogP contribution in [0.15, 0.2) is 47.1 Å². The number of anilines is 1. The van der Waals surface area contributed by atoms with Crippen molar-refractivity contribution < 1.29 is 19.1 Å². The van der Waals surface area contributed by atoms with Gasteiger partial charge in [-0.05, 0) is 90.7 Å². The number of carbonyl (C=O) groups is 3. The lowest BCUT2D eigenvalue weighted by molar-refractivity contribution is -0.148. The fourth-order valence-corrected chi connectivity index (χ4v) is 7.76. The molecule has 0 radical (unpaired) electrons. The molecule has 5 rings (SSSR count). The van der Waals surface area contributed by atoms with Crippen LogP contribution in [0, 0.1) is 23.2 Å². The van der Waals surface area contributed by atoms with Crippen molar-refractivity contribution in [2.75, 3.05) is 25.6 Å². The lowest BCUT2D eigenvalue weighted by Gasteiger charge is -2.52. The van der Waals surface area contributed by atoms with Crippen LogP contribution in [-0.2, 0) is 19.1 Å². The molecule has 2 saturated carbocycles. The zero-order valence-corrected chi connectivity index (χ0v) is 21.4. The Morgan fingerprint density at radius 3 is 2.49 bits per heavy atom. The second kappa shape index (κ2) is 9.07. The molecule has 2 fully saturated rings. The van der Waals surface area contributed by atoms with Crippen molar-refractivity contribution in [2.24, 2.45) is 23.2 Å². The molecule has 0 saturated heterocycles. The largest absolute Gasteiger partial charge is 0.458 e. The number of fused-ring (bicyclic) bond motifs is 4. The Morgan fingerprint density at radius 2 is 1.80 bits per heavy atom. The number of Topliss-reactive ketones (excluding diaryl/α,β-unsaturated/α-hetero) is 1. The Kier molecular flexibility index (Phi) is 6.23. The molecule has 0 heterocycles. The normalized spacial score (nSPS) is 31.8. The van der Waals surface area contributed by atoms with Gasteiger partial charge in [0.25, 0.3) is 0 Å². The second-order valence-corrected chi connectivity index (χ2v) is 11.4. The van der Waals surface area contributed by atoms with Crippen LogP contribution in [0.2, 0.25) is 0 Å². The molecule has 0 spiro atoms. The first-order valence-corrected chi connectivity index (χ1v) is 13.1. The van der Waals surface area contributed by atoms with Gasteiger partial charge in [0.15, 0.2) is 11.6 Å². The zero-order chi connectivity index (χ0) is 24.9.